The van der Waals surface area contributed by atoms with Crippen LogP contribution in [0.1, 0.15) is 54.0 Å². The van der Waals surface area contributed by atoms with Crippen LogP contribution < -0.4 is 5.73 Å². The predicted octanol–water partition coefficient (Wildman–Crippen LogP) is 3.84. The molecule has 0 amide bonds. The van der Waals surface area contributed by atoms with Crippen molar-refractivity contribution in [2.45, 2.75) is 44.6 Å². The topological polar surface area (TPSA) is 26.0 Å². The molecule has 1 heteroatoms. The Labute approximate surface area is 108 Å². The fourth-order valence-electron chi connectivity index (χ4n) is 3.96. The van der Waals surface area contributed by atoms with Gasteiger partial charge in [0.15, 0.2) is 0 Å². The highest BCUT2D eigenvalue weighted by Gasteiger charge is 2.27. The molecule has 92 valence electrons. The van der Waals surface area contributed by atoms with E-state index in [9.17, 15) is 0 Å². The lowest BCUT2D eigenvalue weighted by molar-refractivity contribution is 0.516. The fraction of sp³-hybridized carbons (Fsp3) is 0.412. The van der Waals surface area contributed by atoms with E-state index in [1.807, 2.05) is 0 Å². The van der Waals surface area contributed by atoms with Gasteiger partial charge in [-0.1, -0.05) is 31.2 Å². The lowest BCUT2D eigenvalue weighted by atomic mass is 9.78. The molecule has 18 heavy (non-hydrogen) atoms. The number of benzene rings is 2. The van der Waals surface area contributed by atoms with E-state index in [0.29, 0.717) is 5.92 Å². The predicted molar refractivity (Wildman–Crippen MR) is 75.9 cm³/mol. The van der Waals surface area contributed by atoms with E-state index in [1.165, 1.54) is 52.3 Å². The van der Waals surface area contributed by atoms with E-state index in [4.69, 9.17) is 5.73 Å². The van der Waals surface area contributed by atoms with E-state index < -0.39 is 0 Å². The SMILES string of the molecule is CC1CC[C@@H](N)c2cc3c4c(cccc4c21)CC3. The minimum atomic E-state index is 0.251. The monoisotopic (exact) mass is 237 g/mol. The van der Waals surface area contributed by atoms with Crippen molar-refractivity contribution in [3.05, 3.63) is 46.5 Å². The lowest BCUT2D eigenvalue weighted by Gasteiger charge is -2.29. The van der Waals surface area contributed by atoms with Gasteiger partial charge in [0.25, 0.3) is 0 Å². The molecule has 0 aromatic heterocycles. The molecule has 4 rings (SSSR count). The highest BCUT2D eigenvalue weighted by Crippen LogP contribution is 2.44. The summed E-state index contributed by atoms with van der Waals surface area (Å²) in [5.74, 6) is 0.657. The van der Waals surface area contributed by atoms with Crippen molar-refractivity contribution in [2.24, 2.45) is 5.73 Å². The first-order valence-electron chi connectivity index (χ1n) is 7.08. The van der Waals surface area contributed by atoms with Crippen molar-refractivity contribution in [1.82, 2.24) is 0 Å². The zero-order valence-corrected chi connectivity index (χ0v) is 10.9. The maximum Gasteiger partial charge on any atom is 0.0298 e. The van der Waals surface area contributed by atoms with Crippen LogP contribution in [0.2, 0.25) is 0 Å². The first-order valence-corrected chi connectivity index (χ1v) is 7.08. The first-order chi connectivity index (χ1) is 8.75. The van der Waals surface area contributed by atoms with Gasteiger partial charge in [-0.05, 0) is 64.6 Å². The van der Waals surface area contributed by atoms with Gasteiger partial charge >= 0.3 is 0 Å². The van der Waals surface area contributed by atoms with Gasteiger partial charge in [0, 0.05) is 6.04 Å². The zero-order valence-electron chi connectivity index (χ0n) is 10.9. The summed E-state index contributed by atoms with van der Waals surface area (Å²) in [5.41, 5.74) is 12.4. The van der Waals surface area contributed by atoms with Gasteiger partial charge in [-0.3, -0.25) is 0 Å². The van der Waals surface area contributed by atoms with Crippen molar-refractivity contribution < 1.29 is 0 Å². The second kappa shape index (κ2) is 3.58. The molecule has 1 unspecified atom stereocenters. The standard InChI is InChI=1S/C17H19N/c1-10-5-8-15(18)14-9-12-7-6-11-3-2-4-13(16(10)14)17(11)12/h2-4,9-10,15H,5-8,18H2,1H3/t10?,15-/m1/s1. The second-order valence-corrected chi connectivity index (χ2v) is 5.96. The van der Waals surface area contributed by atoms with Crippen molar-refractivity contribution in [3.63, 3.8) is 0 Å². The summed E-state index contributed by atoms with van der Waals surface area (Å²) >= 11 is 0. The van der Waals surface area contributed by atoms with Gasteiger partial charge in [0.2, 0.25) is 0 Å². The van der Waals surface area contributed by atoms with E-state index in [1.54, 1.807) is 0 Å². The molecule has 0 saturated carbocycles. The Morgan fingerprint density at radius 2 is 1.94 bits per heavy atom. The Morgan fingerprint density at radius 1 is 1.11 bits per heavy atom. The smallest absolute Gasteiger partial charge is 0.0298 e. The summed E-state index contributed by atoms with van der Waals surface area (Å²) in [6.07, 6.45) is 4.77. The largest absolute Gasteiger partial charge is 0.324 e. The van der Waals surface area contributed by atoms with Gasteiger partial charge < -0.3 is 5.73 Å². The summed E-state index contributed by atoms with van der Waals surface area (Å²) in [4.78, 5) is 0. The molecule has 0 radical (unpaired) electrons. The molecule has 0 spiro atoms. The van der Waals surface area contributed by atoms with Crippen LogP contribution in [-0.2, 0) is 12.8 Å². The summed E-state index contributed by atoms with van der Waals surface area (Å²) in [6.45, 7) is 2.36. The van der Waals surface area contributed by atoms with E-state index in [2.05, 4.69) is 31.2 Å². The van der Waals surface area contributed by atoms with Crippen LogP contribution in [-0.4, -0.2) is 0 Å². The van der Waals surface area contributed by atoms with Crippen LogP contribution >= 0.6 is 0 Å². The van der Waals surface area contributed by atoms with Gasteiger partial charge in [-0.2, -0.15) is 0 Å². The van der Waals surface area contributed by atoms with Crippen LogP contribution in [0.25, 0.3) is 10.8 Å². The van der Waals surface area contributed by atoms with Crippen LogP contribution in [0.5, 0.6) is 0 Å². The third-order valence-electron chi connectivity index (χ3n) is 4.87. The van der Waals surface area contributed by atoms with E-state index in [0.717, 1.165) is 6.42 Å². The van der Waals surface area contributed by atoms with Crippen molar-refractivity contribution >= 4 is 10.8 Å². The average molecular weight is 237 g/mol. The van der Waals surface area contributed by atoms with Crippen LogP contribution in [0.4, 0.5) is 0 Å². The first kappa shape index (κ1) is 10.6. The number of hydrogen-bond acceptors (Lipinski definition) is 1. The highest BCUT2D eigenvalue weighted by molar-refractivity contribution is 5.94. The third-order valence-corrected chi connectivity index (χ3v) is 4.87. The minimum Gasteiger partial charge on any atom is -0.324 e. The van der Waals surface area contributed by atoms with Crippen molar-refractivity contribution in [3.8, 4) is 0 Å². The van der Waals surface area contributed by atoms with Gasteiger partial charge in [-0.25, -0.2) is 0 Å². The molecule has 0 heterocycles. The molecule has 0 bridgehead atoms. The Hall–Kier alpha value is -1.34. The van der Waals surface area contributed by atoms with Crippen molar-refractivity contribution in [2.75, 3.05) is 0 Å². The van der Waals surface area contributed by atoms with E-state index >= 15 is 0 Å². The number of nitrogens with two attached hydrogens (primary N) is 1. The Bertz CT molecular complexity index is 642. The minimum absolute atomic E-state index is 0.251. The highest BCUT2D eigenvalue weighted by atomic mass is 14.6. The van der Waals surface area contributed by atoms with Gasteiger partial charge in [-0.15, -0.1) is 0 Å². The molecule has 1 nitrogen and oxygen atoms in total. The third kappa shape index (κ3) is 1.26. The molecular formula is C17H19N. The maximum absolute atomic E-state index is 6.34. The summed E-state index contributed by atoms with van der Waals surface area (Å²) in [5, 5.41) is 3.03. The molecular weight excluding hydrogens is 218 g/mol. The summed E-state index contributed by atoms with van der Waals surface area (Å²) in [6, 6.07) is 9.48. The number of hydrogen-bond donors (Lipinski definition) is 1. The van der Waals surface area contributed by atoms with Crippen molar-refractivity contribution in [1.29, 1.82) is 0 Å². The number of aryl methyl sites for hydroxylation is 2. The van der Waals surface area contributed by atoms with Crippen LogP contribution in [0, 0.1) is 0 Å². The maximum atomic E-state index is 6.34. The molecule has 2 aliphatic rings. The molecule has 2 atom stereocenters. The molecule has 2 aromatic rings. The molecule has 2 N–H and O–H groups in total. The molecule has 2 aromatic carbocycles. The Morgan fingerprint density at radius 3 is 2.83 bits per heavy atom. The summed E-state index contributed by atoms with van der Waals surface area (Å²) < 4.78 is 0. The zero-order chi connectivity index (χ0) is 12.3. The number of rotatable bonds is 0. The molecule has 0 saturated heterocycles. The molecule has 0 fully saturated rings. The Kier molecular flexibility index (Phi) is 2.10. The Balaban J connectivity index is 2.15. The quantitative estimate of drug-likeness (QED) is 0.740. The normalized spacial score (nSPS) is 25.4. The lowest BCUT2D eigenvalue weighted by Crippen LogP contribution is -2.20. The van der Waals surface area contributed by atoms with Crippen LogP contribution in [0.15, 0.2) is 24.3 Å². The summed E-state index contributed by atoms with van der Waals surface area (Å²) in [7, 11) is 0. The van der Waals surface area contributed by atoms with Crippen LogP contribution in [0.3, 0.4) is 0 Å². The molecule has 2 aliphatic carbocycles. The second-order valence-electron chi connectivity index (χ2n) is 5.96. The van der Waals surface area contributed by atoms with Gasteiger partial charge in [0.05, 0.1) is 0 Å². The average Bonchev–Trinajstić information content (AvgIpc) is 2.79. The van der Waals surface area contributed by atoms with Gasteiger partial charge in [0.1, 0.15) is 0 Å². The number of fused-ring (bicyclic) bond motifs is 2. The van der Waals surface area contributed by atoms with E-state index in [-0.39, 0.29) is 6.04 Å². The fourth-order valence-corrected chi connectivity index (χ4v) is 3.96. The molecule has 0 aliphatic heterocycles.